The highest BCUT2D eigenvalue weighted by molar-refractivity contribution is 7.89. The molecule has 2 heterocycles. The van der Waals surface area contributed by atoms with Gasteiger partial charge in [-0.1, -0.05) is 60.7 Å². The molecule has 1 fully saturated rings. The van der Waals surface area contributed by atoms with Crippen molar-refractivity contribution in [1.82, 2.24) is 19.9 Å². The van der Waals surface area contributed by atoms with Gasteiger partial charge in [-0.2, -0.15) is 4.72 Å². The second kappa shape index (κ2) is 11.2. The van der Waals surface area contributed by atoms with Crippen molar-refractivity contribution in [3.05, 3.63) is 102 Å². The van der Waals surface area contributed by atoms with Crippen LogP contribution in [0.5, 0.6) is 0 Å². The number of hydrogen-bond acceptors (Lipinski definition) is 6. The number of hydrogen-bond donors (Lipinski definition) is 3. The van der Waals surface area contributed by atoms with Crippen molar-refractivity contribution < 1.29 is 18.0 Å². The van der Waals surface area contributed by atoms with Gasteiger partial charge < -0.3 is 16.0 Å². The van der Waals surface area contributed by atoms with E-state index in [-0.39, 0.29) is 17.3 Å². The highest BCUT2D eigenvalue weighted by atomic mass is 32.2. The first-order valence-corrected chi connectivity index (χ1v) is 14.2. The number of sulfonamides is 1. The molecule has 4 N–H and O–H groups in total. The minimum absolute atomic E-state index is 0.0577. The number of aromatic nitrogens is 1. The van der Waals surface area contributed by atoms with E-state index in [1.807, 2.05) is 24.3 Å². The van der Waals surface area contributed by atoms with E-state index in [0.29, 0.717) is 30.8 Å². The third kappa shape index (κ3) is 5.76. The van der Waals surface area contributed by atoms with Gasteiger partial charge in [-0.15, -0.1) is 0 Å². The van der Waals surface area contributed by atoms with Crippen LogP contribution < -0.4 is 15.8 Å². The van der Waals surface area contributed by atoms with Crippen molar-refractivity contribution in [2.24, 2.45) is 0 Å². The summed E-state index contributed by atoms with van der Waals surface area (Å²) in [6.07, 6.45) is 2.76. The van der Waals surface area contributed by atoms with E-state index >= 15 is 0 Å². The Kier molecular flexibility index (Phi) is 7.58. The van der Waals surface area contributed by atoms with E-state index in [0.717, 1.165) is 16.3 Å². The molecule has 0 aliphatic carbocycles. The number of likely N-dealkylation sites (tertiary alicyclic amines) is 1. The average molecular weight is 544 g/mol. The standard InChI is InChI=1S/C29H29N5O4S/c30-27-24-14-13-20(18-22(24)15-16-31-27)19-32-28(35)25-12-7-17-34(25)29(36)26(21-8-3-1-4-9-21)33-39(37,38)23-10-5-2-6-11-23/h1-6,8-11,13-16,18,25-26,33H,7,12,17,19H2,(H2,30,31)(H,32,35). The van der Waals surface area contributed by atoms with Gasteiger partial charge in [0.15, 0.2) is 0 Å². The van der Waals surface area contributed by atoms with E-state index in [2.05, 4.69) is 15.0 Å². The summed E-state index contributed by atoms with van der Waals surface area (Å²) in [5, 5.41) is 4.70. The Morgan fingerprint density at radius 2 is 1.72 bits per heavy atom. The lowest BCUT2D eigenvalue weighted by Crippen LogP contribution is -2.50. The number of nitrogens with one attached hydrogen (secondary N) is 2. The van der Waals surface area contributed by atoms with E-state index in [9.17, 15) is 18.0 Å². The second-order valence-electron chi connectivity index (χ2n) is 9.44. The Balaban J connectivity index is 1.33. The van der Waals surface area contributed by atoms with Crippen LogP contribution in [0.25, 0.3) is 10.8 Å². The molecule has 1 saturated heterocycles. The van der Waals surface area contributed by atoms with Gasteiger partial charge >= 0.3 is 0 Å². The van der Waals surface area contributed by atoms with Gasteiger partial charge in [-0.3, -0.25) is 9.59 Å². The Hall–Kier alpha value is -4.28. The van der Waals surface area contributed by atoms with Gasteiger partial charge in [0.05, 0.1) is 4.90 Å². The number of carbonyl (C=O) groups excluding carboxylic acids is 2. The molecule has 2 unspecified atom stereocenters. The number of nitrogens with two attached hydrogens (primary N) is 1. The number of rotatable bonds is 8. The molecule has 0 saturated carbocycles. The van der Waals surface area contributed by atoms with Crippen LogP contribution in [0.1, 0.15) is 30.0 Å². The number of pyridine rings is 1. The molecule has 5 rings (SSSR count). The lowest BCUT2D eigenvalue weighted by Gasteiger charge is -2.29. The summed E-state index contributed by atoms with van der Waals surface area (Å²) in [7, 11) is -4.00. The largest absolute Gasteiger partial charge is 0.383 e. The molecule has 0 radical (unpaired) electrons. The van der Waals surface area contributed by atoms with Gasteiger partial charge in [-0.25, -0.2) is 13.4 Å². The molecule has 1 aromatic heterocycles. The van der Waals surface area contributed by atoms with Crippen molar-refractivity contribution in [2.75, 3.05) is 12.3 Å². The van der Waals surface area contributed by atoms with Gasteiger partial charge in [0.1, 0.15) is 17.9 Å². The number of benzene rings is 3. The predicted molar refractivity (Wildman–Crippen MR) is 149 cm³/mol. The zero-order chi connectivity index (χ0) is 27.4. The number of fused-ring (bicyclic) bond motifs is 1. The van der Waals surface area contributed by atoms with Crippen LogP contribution >= 0.6 is 0 Å². The Morgan fingerprint density at radius 1 is 1.00 bits per heavy atom. The molecule has 1 aliphatic heterocycles. The Morgan fingerprint density at radius 3 is 2.46 bits per heavy atom. The molecule has 10 heteroatoms. The van der Waals surface area contributed by atoms with Crippen LogP contribution in [0.4, 0.5) is 5.82 Å². The van der Waals surface area contributed by atoms with Crippen LogP contribution in [-0.4, -0.2) is 42.7 Å². The Labute approximate surface area is 227 Å². The first-order chi connectivity index (χ1) is 18.8. The van der Waals surface area contributed by atoms with E-state index in [1.54, 1.807) is 54.7 Å². The summed E-state index contributed by atoms with van der Waals surface area (Å²) >= 11 is 0. The van der Waals surface area contributed by atoms with Crippen molar-refractivity contribution >= 4 is 38.4 Å². The van der Waals surface area contributed by atoms with Crippen molar-refractivity contribution in [1.29, 1.82) is 0 Å². The highest BCUT2D eigenvalue weighted by Crippen LogP contribution is 2.26. The van der Waals surface area contributed by atoms with Crippen molar-refractivity contribution in [3.8, 4) is 0 Å². The van der Waals surface area contributed by atoms with Crippen molar-refractivity contribution in [3.63, 3.8) is 0 Å². The van der Waals surface area contributed by atoms with Gasteiger partial charge in [0.25, 0.3) is 0 Å². The third-order valence-electron chi connectivity index (χ3n) is 6.87. The molecule has 1 aliphatic rings. The number of nitrogens with zero attached hydrogens (tertiary/aromatic N) is 2. The minimum atomic E-state index is -4.00. The summed E-state index contributed by atoms with van der Waals surface area (Å²) in [6, 6.07) is 22.2. The zero-order valence-corrected chi connectivity index (χ0v) is 22.0. The zero-order valence-electron chi connectivity index (χ0n) is 21.2. The fourth-order valence-electron chi connectivity index (χ4n) is 4.87. The summed E-state index contributed by atoms with van der Waals surface area (Å²) in [5.74, 6) is -0.306. The van der Waals surface area contributed by atoms with Gasteiger partial charge in [0, 0.05) is 24.7 Å². The van der Waals surface area contributed by atoms with Crippen molar-refractivity contribution in [2.45, 2.75) is 36.4 Å². The molecule has 0 spiro atoms. The van der Waals surface area contributed by atoms with Gasteiger partial charge in [-0.05, 0) is 53.6 Å². The monoisotopic (exact) mass is 543 g/mol. The molecular formula is C29H29N5O4S. The molecule has 0 bridgehead atoms. The second-order valence-corrected chi connectivity index (χ2v) is 11.2. The van der Waals surface area contributed by atoms with E-state index in [4.69, 9.17) is 5.73 Å². The fraction of sp³-hybridized carbons (Fsp3) is 0.207. The molecule has 39 heavy (non-hydrogen) atoms. The molecule has 3 aromatic carbocycles. The smallest absolute Gasteiger partial charge is 0.245 e. The summed E-state index contributed by atoms with van der Waals surface area (Å²) < 4.78 is 28.9. The molecule has 2 atom stereocenters. The quantitative estimate of drug-likeness (QED) is 0.313. The molecule has 200 valence electrons. The van der Waals surface area contributed by atoms with Crippen LogP contribution in [0.2, 0.25) is 0 Å². The number of carbonyl (C=O) groups is 2. The lowest BCUT2D eigenvalue weighted by molar-refractivity contribution is -0.139. The molecule has 2 amide bonds. The first kappa shape index (κ1) is 26.3. The van der Waals surface area contributed by atoms with Crippen LogP contribution in [-0.2, 0) is 26.2 Å². The number of amides is 2. The Bertz CT molecular complexity index is 1600. The summed E-state index contributed by atoms with van der Waals surface area (Å²) in [6.45, 7) is 0.633. The average Bonchev–Trinajstić information content (AvgIpc) is 3.46. The SMILES string of the molecule is Nc1nccc2cc(CNC(=O)C3CCCN3C(=O)C(NS(=O)(=O)c3ccccc3)c3ccccc3)ccc12. The molecule has 9 nitrogen and oxygen atoms in total. The maximum absolute atomic E-state index is 13.8. The minimum Gasteiger partial charge on any atom is -0.383 e. The predicted octanol–water partition coefficient (Wildman–Crippen LogP) is 3.14. The first-order valence-electron chi connectivity index (χ1n) is 12.7. The maximum atomic E-state index is 13.8. The van der Waals surface area contributed by atoms with Crippen LogP contribution in [0.15, 0.2) is 96.0 Å². The van der Waals surface area contributed by atoms with E-state index in [1.165, 1.54) is 17.0 Å². The fourth-order valence-corrected chi connectivity index (χ4v) is 6.06. The highest BCUT2D eigenvalue weighted by Gasteiger charge is 2.39. The van der Waals surface area contributed by atoms with Crippen LogP contribution in [0, 0.1) is 0 Å². The lowest BCUT2D eigenvalue weighted by atomic mass is 10.1. The molecule has 4 aromatic rings. The normalized spacial score (nSPS) is 16.2. The molecular weight excluding hydrogens is 514 g/mol. The summed E-state index contributed by atoms with van der Waals surface area (Å²) in [4.78, 5) is 32.7. The number of nitrogen functional groups attached to an aromatic ring is 1. The third-order valence-corrected chi connectivity index (χ3v) is 8.31. The number of anilines is 1. The van der Waals surface area contributed by atoms with E-state index < -0.39 is 28.0 Å². The maximum Gasteiger partial charge on any atom is 0.245 e. The topological polar surface area (TPSA) is 134 Å². The summed E-state index contributed by atoms with van der Waals surface area (Å²) in [5.41, 5.74) is 7.31. The van der Waals surface area contributed by atoms with Gasteiger partial charge in [0.2, 0.25) is 21.8 Å². The van der Waals surface area contributed by atoms with Crippen LogP contribution in [0.3, 0.4) is 0 Å².